The van der Waals surface area contributed by atoms with Crippen LogP contribution in [0.2, 0.25) is 0 Å². The molecule has 178 valence electrons. The lowest BCUT2D eigenvalue weighted by Crippen LogP contribution is -2.58. The highest BCUT2D eigenvalue weighted by atomic mass is 32.2. The number of nitrogens with zero attached hydrogens (tertiary/aromatic N) is 4. The lowest BCUT2D eigenvalue weighted by molar-refractivity contribution is 0.413. The van der Waals surface area contributed by atoms with Crippen molar-refractivity contribution < 1.29 is 17.5 Å². The second kappa shape index (κ2) is 7.59. The van der Waals surface area contributed by atoms with Crippen LogP contribution in [0.3, 0.4) is 0 Å². The van der Waals surface area contributed by atoms with E-state index in [1.54, 1.807) is 45.5 Å². The maximum atomic E-state index is 15.0. The molecule has 3 aromatic rings. The van der Waals surface area contributed by atoms with Gasteiger partial charge in [0.25, 0.3) is 0 Å². The Hall–Kier alpha value is -3.34. The van der Waals surface area contributed by atoms with E-state index in [0.29, 0.717) is 28.3 Å². The van der Waals surface area contributed by atoms with Crippen molar-refractivity contribution in [3.05, 3.63) is 48.2 Å². The van der Waals surface area contributed by atoms with Crippen LogP contribution in [0.15, 0.2) is 41.8 Å². The number of methoxy groups -OCH3 is 1. The van der Waals surface area contributed by atoms with E-state index in [1.807, 2.05) is 0 Å². The molecular weight excluding hydrogens is 459 g/mol. The molecule has 9 nitrogen and oxygen atoms in total. The summed E-state index contributed by atoms with van der Waals surface area (Å²) in [6, 6.07) is 4.94. The normalized spacial score (nSPS) is 26.2. The molecule has 0 spiro atoms. The Morgan fingerprint density at radius 1 is 1.18 bits per heavy atom. The van der Waals surface area contributed by atoms with E-state index in [2.05, 4.69) is 25.3 Å². The van der Waals surface area contributed by atoms with Gasteiger partial charge in [-0.25, -0.2) is 22.8 Å². The van der Waals surface area contributed by atoms with Gasteiger partial charge in [0.05, 0.1) is 36.5 Å². The van der Waals surface area contributed by atoms with Crippen LogP contribution in [0.25, 0.3) is 11.0 Å². The van der Waals surface area contributed by atoms with E-state index < -0.39 is 25.9 Å². The van der Waals surface area contributed by atoms with Crippen LogP contribution in [0.5, 0.6) is 5.75 Å². The number of hydrogen-bond donors (Lipinski definition) is 2. The molecule has 1 fully saturated rings. The fourth-order valence-corrected chi connectivity index (χ4v) is 6.97. The average molecular weight is 485 g/mol. The fourth-order valence-electron chi connectivity index (χ4n) is 4.61. The lowest BCUT2D eigenvalue weighted by atomic mass is 9.93. The maximum absolute atomic E-state index is 15.0. The number of anilines is 2. The van der Waals surface area contributed by atoms with Crippen LogP contribution >= 0.6 is 0 Å². The summed E-state index contributed by atoms with van der Waals surface area (Å²) >= 11 is 0. The molecule has 3 N–H and O–H groups in total. The molecule has 2 atom stereocenters. The highest BCUT2D eigenvalue weighted by Gasteiger charge is 2.59. The Morgan fingerprint density at radius 3 is 2.62 bits per heavy atom. The lowest BCUT2D eigenvalue weighted by Gasteiger charge is -2.40. The molecule has 0 radical (unpaired) electrons. The van der Waals surface area contributed by atoms with E-state index >= 15 is 0 Å². The van der Waals surface area contributed by atoms with Crippen LogP contribution in [0.1, 0.15) is 32.3 Å². The smallest absolute Gasteiger partial charge is 0.165 e. The van der Waals surface area contributed by atoms with Crippen molar-refractivity contribution in [1.29, 1.82) is 0 Å². The van der Waals surface area contributed by atoms with Gasteiger partial charge in [0.2, 0.25) is 0 Å². The van der Waals surface area contributed by atoms with Gasteiger partial charge >= 0.3 is 0 Å². The number of fused-ring (bicyclic) bond motifs is 1. The quantitative estimate of drug-likeness (QED) is 0.565. The molecule has 1 aliphatic heterocycles. The van der Waals surface area contributed by atoms with Crippen molar-refractivity contribution in [2.24, 2.45) is 16.6 Å². The molecule has 0 saturated heterocycles. The van der Waals surface area contributed by atoms with Crippen LogP contribution in [0, 0.1) is 11.7 Å². The molecular formula is C23H25FN6O3S. The Kier molecular flexibility index (Phi) is 5.01. The van der Waals surface area contributed by atoms with Gasteiger partial charge in [-0.3, -0.25) is 9.98 Å². The van der Waals surface area contributed by atoms with Gasteiger partial charge < -0.3 is 15.8 Å². The molecule has 1 aliphatic carbocycles. The number of aliphatic imine (C=N–C) groups is 1. The predicted octanol–water partition coefficient (Wildman–Crippen LogP) is 3.09. The molecule has 5 rings (SSSR count). The zero-order chi connectivity index (χ0) is 24.3. The highest BCUT2D eigenvalue weighted by Crippen LogP contribution is 2.49. The fraction of sp³-hybridized carbons (Fsp3) is 0.391. The molecule has 0 aromatic carbocycles. The number of halogens is 1. The van der Waals surface area contributed by atoms with Crippen LogP contribution in [0.4, 0.5) is 15.9 Å². The van der Waals surface area contributed by atoms with Crippen LogP contribution < -0.4 is 15.8 Å². The zero-order valence-electron chi connectivity index (χ0n) is 19.0. The Balaban J connectivity index is 1.54. The number of hydrogen-bond acceptors (Lipinski definition) is 9. The molecule has 0 bridgehead atoms. The Bertz CT molecular complexity index is 1440. The summed E-state index contributed by atoms with van der Waals surface area (Å²) in [5.74, 6) is -0.126. The topological polar surface area (TPSA) is 132 Å². The van der Waals surface area contributed by atoms with Crippen molar-refractivity contribution in [3.8, 4) is 5.75 Å². The summed E-state index contributed by atoms with van der Waals surface area (Å²) in [7, 11) is -2.14. The first kappa shape index (κ1) is 22.5. The molecule has 2 aliphatic rings. The van der Waals surface area contributed by atoms with E-state index in [0.717, 1.165) is 19.0 Å². The third-order valence-corrected chi connectivity index (χ3v) is 9.61. The third kappa shape index (κ3) is 3.46. The van der Waals surface area contributed by atoms with Crippen molar-refractivity contribution >= 4 is 38.2 Å². The van der Waals surface area contributed by atoms with Crippen molar-refractivity contribution in [2.75, 3.05) is 18.2 Å². The number of aromatic nitrogens is 3. The van der Waals surface area contributed by atoms with E-state index in [4.69, 9.17) is 10.5 Å². The van der Waals surface area contributed by atoms with Gasteiger partial charge in [-0.2, -0.15) is 0 Å². The minimum Gasteiger partial charge on any atom is -0.495 e. The summed E-state index contributed by atoms with van der Waals surface area (Å²) in [6.07, 6.45) is 5.81. The van der Waals surface area contributed by atoms with E-state index in [9.17, 15) is 12.8 Å². The average Bonchev–Trinajstić information content (AvgIpc) is 3.64. The van der Waals surface area contributed by atoms with Gasteiger partial charge in [0.1, 0.15) is 39.0 Å². The van der Waals surface area contributed by atoms with Gasteiger partial charge in [0, 0.05) is 17.8 Å². The Labute approximate surface area is 196 Å². The van der Waals surface area contributed by atoms with E-state index in [-0.39, 0.29) is 23.1 Å². The predicted molar refractivity (Wildman–Crippen MR) is 127 cm³/mol. The third-order valence-electron chi connectivity index (χ3n) is 6.84. The SMILES string of the molecule is COc1cnc2c(Nc3cc([C@]4(C)CS(=O)(=O)[C@@](C)(C5CC5)C(N)=N4)c(F)cn3)ccnc2c1. The Morgan fingerprint density at radius 2 is 1.94 bits per heavy atom. The van der Waals surface area contributed by atoms with Gasteiger partial charge in [-0.1, -0.05) is 0 Å². The number of nitrogens with two attached hydrogens (primary N) is 1. The summed E-state index contributed by atoms with van der Waals surface area (Å²) < 4.78 is 45.6. The van der Waals surface area contributed by atoms with E-state index in [1.165, 1.54) is 6.07 Å². The van der Waals surface area contributed by atoms with Crippen LogP contribution in [-0.2, 0) is 15.4 Å². The summed E-state index contributed by atoms with van der Waals surface area (Å²) in [5.41, 5.74) is 6.73. The number of pyridine rings is 3. The first-order valence-corrected chi connectivity index (χ1v) is 12.5. The summed E-state index contributed by atoms with van der Waals surface area (Å²) in [4.78, 5) is 17.4. The molecule has 11 heteroatoms. The standard InChI is InChI=1S/C23H25FN6O3S/c1-22(12-34(31,32)23(2,13-4-5-13)21(25)30-22)15-9-19(27-11-16(15)24)29-17-6-7-26-18-8-14(33-3)10-28-20(17)18/h6-11,13H,4-5,12H2,1-3H3,(H2,25,30)(H,26,27,29)/t22-,23-/m0/s1. The number of amidine groups is 1. The largest absolute Gasteiger partial charge is 0.495 e. The molecule has 1 saturated carbocycles. The van der Waals surface area contributed by atoms with Gasteiger partial charge in [-0.05, 0) is 44.7 Å². The first-order chi connectivity index (χ1) is 16.1. The minimum absolute atomic E-state index is 0.0350. The van der Waals surface area contributed by atoms with Gasteiger partial charge in [0.15, 0.2) is 9.84 Å². The molecule has 3 aromatic heterocycles. The highest BCUT2D eigenvalue weighted by molar-refractivity contribution is 7.93. The monoisotopic (exact) mass is 484 g/mol. The second-order valence-electron chi connectivity index (χ2n) is 9.19. The van der Waals surface area contributed by atoms with Crippen molar-refractivity contribution in [2.45, 2.75) is 37.0 Å². The van der Waals surface area contributed by atoms with Gasteiger partial charge in [-0.15, -0.1) is 0 Å². The number of nitrogens with one attached hydrogen (secondary N) is 1. The molecule has 4 heterocycles. The van der Waals surface area contributed by atoms with Crippen LogP contribution in [-0.4, -0.2) is 46.8 Å². The summed E-state index contributed by atoms with van der Waals surface area (Å²) in [5, 5.41) is 3.13. The zero-order valence-corrected chi connectivity index (χ0v) is 19.9. The minimum atomic E-state index is -3.68. The summed E-state index contributed by atoms with van der Waals surface area (Å²) in [6.45, 7) is 3.21. The number of rotatable bonds is 5. The molecule has 0 unspecified atom stereocenters. The molecule has 34 heavy (non-hydrogen) atoms. The first-order valence-electron chi connectivity index (χ1n) is 10.9. The maximum Gasteiger partial charge on any atom is 0.165 e. The number of ether oxygens (including phenoxy) is 1. The number of sulfone groups is 1. The van der Waals surface area contributed by atoms with Crippen molar-refractivity contribution in [1.82, 2.24) is 15.0 Å². The van der Waals surface area contributed by atoms with Crippen molar-refractivity contribution in [3.63, 3.8) is 0 Å². The second-order valence-corrected chi connectivity index (χ2v) is 11.6. The molecule has 0 amide bonds.